The van der Waals surface area contributed by atoms with Crippen LogP contribution in [0.3, 0.4) is 0 Å². The lowest BCUT2D eigenvalue weighted by Gasteiger charge is -2.19. The van der Waals surface area contributed by atoms with E-state index in [2.05, 4.69) is 18.8 Å². The topological polar surface area (TPSA) is 67.3 Å². The molecule has 5 nitrogen and oxygen atoms in total. The molecule has 0 radical (unpaired) electrons. The molecule has 1 fully saturated rings. The molecule has 0 bridgehead atoms. The number of carbonyl (C=O) groups excluding carboxylic acids is 1. The van der Waals surface area contributed by atoms with Crippen LogP contribution in [-0.4, -0.2) is 37.3 Å². The van der Waals surface area contributed by atoms with Crippen molar-refractivity contribution in [2.24, 2.45) is 5.92 Å². The lowest BCUT2D eigenvalue weighted by Crippen LogP contribution is -2.29. The van der Waals surface area contributed by atoms with Crippen molar-refractivity contribution in [1.82, 2.24) is 9.88 Å². The number of sulfone groups is 1. The first kappa shape index (κ1) is 20.5. The second kappa shape index (κ2) is 8.19. The summed E-state index contributed by atoms with van der Waals surface area (Å²) in [6.07, 6.45) is 4.18. The van der Waals surface area contributed by atoms with E-state index in [1.807, 2.05) is 18.2 Å². The Morgan fingerprint density at radius 2 is 1.70 bits per heavy atom. The maximum absolute atomic E-state index is 13.7. The van der Waals surface area contributed by atoms with Crippen LogP contribution < -0.4 is 0 Å². The highest BCUT2D eigenvalue weighted by Crippen LogP contribution is 2.32. The average molecular weight is 423 g/mol. The number of pyridine rings is 1. The minimum Gasteiger partial charge on any atom is -0.339 e. The Balaban J connectivity index is 1.87. The van der Waals surface area contributed by atoms with E-state index in [-0.39, 0.29) is 21.3 Å². The number of rotatable bonds is 5. The Morgan fingerprint density at radius 3 is 2.37 bits per heavy atom. The van der Waals surface area contributed by atoms with E-state index in [0.717, 1.165) is 24.8 Å². The zero-order chi connectivity index (χ0) is 21.3. The maximum atomic E-state index is 13.7. The molecule has 0 unspecified atom stereocenters. The van der Waals surface area contributed by atoms with Gasteiger partial charge in [0.15, 0.2) is 0 Å². The molecule has 0 atom stereocenters. The number of amides is 1. The third-order valence-electron chi connectivity index (χ3n) is 5.50. The Labute approximate surface area is 177 Å². The summed E-state index contributed by atoms with van der Waals surface area (Å²) in [5, 5.41) is 0.480. The standard InChI is InChI=1S/C24H26N2O3S/c1-17(2)15-18-9-11-19(12-10-18)30(28,29)23-20-7-3-4-8-22(20)25-16-21(23)24(27)26-13-5-6-14-26/h3-4,7-12,16-17H,5-6,13-15H2,1-2H3. The van der Waals surface area contributed by atoms with Crippen molar-refractivity contribution in [2.75, 3.05) is 13.1 Å². The van der Waals surface area contributed by atoms with Crippen LogP contribution in [0.5, 0.6) is 0 Å². The van der Waals surface area contributed by atoms with Crippen molar-refractivity contribution in [3.63, 3.8) is 0 Å². The van der Waals surface area contributed by atoms with Crippen molar-refractivity contribution in [3.05, 3.63) is 65.9 Å². The van der Waals surface area contributed by atoms with Crippen LogP contribution in [0.25, 0.3) is 10.9 Å². The quantitative estimate of drug-likeness (QED) is 0.607. The zero-order valence-electron chi connectivity index (χ0n) is 17.3. The van der Waals surface area contributed by atoms with Crippen LogP contribution in [0.1, 0.15) is 42.6 Å². The summed E-state index contributed by atoms with van der Waals surface area (Å²) in [5.74, 6) is 0.224. The van der Waals surface area contributed by atoms with E-state index in [9.17, 15) is 13.2 Å². The molecule has 4 rings (SSSR count). The van der Waals surface area contributed by atoms with Crippen molar-refractivity contribution < 1.29 is 13.2 Å². The third-order valence-corrected chi connectivity index (χ3v) is 7.37. The van der Waals surface area contributed by atoms with Gasteiger partial charge in [0, 0.05) is 24.7 Å². The molecule has 0 saturated carbocycles. The van der Waals surface area contributed by atoms with Crippen LogP contribution in [-0.2, 0) is 16.3 Å². The van der Waals surface area contributed by atoms with Gasteiger partial charge in [0.1, 0.15) is 0 Å². The van der Waals surface area contributed by atoms with Gasteiger partial charge in [0.05, 0.1) is 20.9 Å². The molecular weight excluding hydrogens is 396 g/mol. The van der Waals surface area contributed by atoms with Gasteiger partial charge < -0.3 is 4.90 Å². The van der Waals surface area contributed by atoms with E-state index >= 15 is 0 Å². The molecule has 6 heteroatoms. The Hall–Kier alpha value is -2.73. The van der Waals surface area contributed by atoms with Gasteiger partial charge in [0.25, 0.3) is 5.91 Å². The molecule has 1 saturated heterocycles. The molecule has 0 spiro atoms. The fourth-order valence-corrected chi connectivity index (χ4v) is 5.66. The van der Waals surface area contributed by atoms with Gasteiger partial charge in [-0.15, -0.1) is 0 Å². The molecule has 2 aromatic carbocycles. The molecule has 2 heterocycles. The summed E-state index contributed by atoms with van der Waals surface area (Å²) in [6.45, 7) is 5.55. The summed E-state index contributed by atoms with van der Waals surface area (Å²) in [6, 6.07) is 14.1. The van der Waals surface area contributed by atoms with Crippen LogP contribution in [0, 0.1) is 5.92 Å². The number of hydrogen-bond donors (Lipinski definition) is 0. The van der Waals surface area contributed by atoms with E-state index < -0.39 is 9.84 Å². The lowest BCUT2D eigenvalue weighted by atomic mass is 10.0. The molecule has 1 aromatic heterocycles. The number of hydrogen-bond acceptors (Lipinski definition) is 4. The molecule has 3 aromatic rings. The largest absolute Gasteiger partial charge is 0.339 e. The van der Waals surface area contributed by atoms with Gasteiger partial charge in [-0.1, -0.05) is 44.2 Å². The average Bonchev–Trinajstić information content (AvgIpc) is 3.27. The fraction of sp³-hybridized carbons (Fsp3) is 0.333. The van der Waals surface area contributed by atoms with E-state index in [4.69, 9.17) is 0 Å². The second-order valence-corrected chi connectivity index (χ2v) is 10.1. The highest BCUT2D eigenvalue weighted by molar-refractivity contribution is 7.91. The number of likely N-dealkylation sites (tertiary alicyclic amines) is 1. The zero-order valence-corrected chi connectivity index (χ0v) is 18.2. The smallest absolute Gasteiger partial charge is 0.256 e. The normalized spacial score (nSPS) is 14.6. The summed E-state index contributed by atoms with van der Waals surface area (Å²) >= 11 is 0. The van der Waals surface area contributed by atoms with Gasteiger partial charge in [0.2, 0.25) is 9.84 Å². The molecule has 0 aliphatic carbocycles. The van der Waals surface area contributed by atoms with Gasteiger partial charge in [-0.3, -0.25) is 9.78 Å². The first-order valence-corrected chi connectivity index (χ1v) is 11.9. The fourth-order valence-electron chi connectivity index (χ4n) is 4.04. The van der Waals surface area contributed by atoms with Crippen molar-refractivity contribution in [3.8, 4) is 0 Å². The number of benzene rings is 2. The summed E-state index contributed by atoms with van der Waals surface area (Å²) in [5.41, 5.74) is 1.81. The van der Waals surface area contributed by atoms with Gasteiger partial charge >= 0.3 is 0 Å². The maximum Gasteiger partial charge on any atom is 0.256 e. The second-order valence-electron chi connectivity index (χ2n) is 8.26. The number of nitrogens with zero attached hydrogens (tertiary/aromatic N) is 2. The molecule has 1 aliphatic rings. The van der Waals surface area contributed by atoms with Gasteiger partial charge in [-0.2, -0.15) is 0 Å². The van der Waals surface area contributed by atoms with Crippen LogP contribution in [0.15, 0.2) is 64.5 Å². The Kier molecular flexibility index (Phi) is 5.60. The molecule has 0 N–H and O–H groups in total. The Morgan fingerprint density at radius 1 is 1.03 bits per heavy atom. The SMILES string of the molecule is CC(C)Cc1ccc(S(=O)(=O)c2c(C(=O)N3CCCC3)cnc3ccccc23)cc1. The first-order valence-electron chi connectivity index (χ1n) is 10.4. The van der Waals surface area contributed by atoms with Crippen LogP contribution in [0.2, 0.25) is 0 Å². The number of para-hydroxylation sites is 1. The first-order chi connectivity index (χ1) is 14.4. The summed E-state index contributed by atoms with van der Waals surface area (Å²) in [7, 11) is -3.90. The predicted molar refractivity (Wildman–Crippen MR) is 117 cm³/mol. The number of fused-ring (bicyclic) bond motifs is 1. The third kappa shape index (κ3) is 3.84. The summed E-state index contributed by atoms with van der Waals surface area (Å²) in [4.78, 5) is 19.5. The monoisotopic (exact) mass is 422 g/mol. The van der Waals surface area contributed by atoms with Crippen molar-refractivity contribution in [1.29, 1.82) is 0 Å². The van der Waals surface area contributed by atoms with E-state index in [1.165, 1.54) is 6.20 Å². The van der Waals surface area contributed by atoms with Crippen LogP contribution >= 0.6 is 0 Å². The van der Waals surface area contributed by atoms with E-state index in [1.54, 1.807) is 35.2 Å². The summed E-state index contributed by atoms with van der Waals surface area (Å²) < 4.78 is 27.4. The van der Waals surface area contributed by atoms with E-state index in [0.29, 0.717) is 29.9 Å². The number of carbonyl (C=O) groups is 1. The number of aromatic nitrogens is 1. The van der Waals surface area contributed by atoms with Crippen molar-refractivity contribution in [2.45, 2.75) is 42.9 Å². The Bertz CT molecular complexity index is 1180. The molecule has 30 heavy (non-hydrogen) atoms. The molecule has 1 aliphatic heterocycles. The lowest BCUT2D eigenvalue weighted by molar-refractivity contribution is 0.0789. The van der Waals surface area contributed by atoms with Crippen LogP contribution in [0.4, 0.5) is 0 Å². The van der Waals surface area contributed by atoms with Gasteiger partial charge in [-0.25, -0.2) is 8.42 Å². The minimum absolute atomic E-state index is 0.0570. The minimum atomic E-state index is -3.90. The highest BCUT2D eigenvalue weighted by atomic mass is 32.2. The molecular formula is C24H26N2O3S. The predicted octanol–water partition coefficient (Wildman–Crippen LogP) is 4.50. The molecule has 156 valence electrons. The van der Waals surface area contributed by atoms with Crippen molar-refractivity contribution >= 4 is 26.6 Å². The van der Waals surface area contributed by atoms with Gasteiger partial charge in [-0.05, 0) is 48.9 Å². The molecule has 1 amide bonds. The highest BCUT2D eigenvalue weighted by Gasteiger charge is 2.30.